The highest BCUT2D eigenvalue weighted by Crippen LogP contribution is 2.25. The number of nitrogens with one attached hydrogen (secondary N) is 1. The molecule has 2 amide bonds. The largest absolute Gasteiger partial charge is 0.352 e. The van der Waals surface area contributed by atoms with E-state index in [0.717, 1.165) is 17.5 Å². The SMILES string of the molecule is CC[C@H](C(=O)N[C@@H](C)CC)N(CCc1ccccc1)C(=O)CSCc1ccc(Cl)c(Cl)c1. The van der Waals surface area contributed by atoms with Crippen molar-refractivity contribution in [3.05, 3.63) is 69.7 Å². The second-order valence-electron chi connectivity index (χ2n) is 7.81. The summed E-state index contributed by atoms with van der Waals surface area (Å²) >= 11 is 13.6. The normalized spacial score (nSPS) is 12.8. The lowest BCUT2D eigenvalue weighted by Gasteiger charge is -2.31. The van der Waals surface area contributed by atoms with Crippen LogP contribution < -0.4 is 5.32 Å². The van der Waals surface area contributed by atoms with Gasteiger partial charge in [0.25, 0.3) is 0 Å². The summed E-state index contributed by atoms with van der Waals surface area (Å²) in [7, 11) is 0. The fourth-order valence-corrected chi connectivity index (χ4v) is 4.48. The Morgan fingerprint density at radius 1 is 1.00 bits per heavy atom. The summed E-state index contributed by atoms with van der Waals surface area (Å²) in [5, 5.41) is 4.06. The summed E-state index contributed by atoms with van der Waals surface area (Å²) in [5.74, 6) is 0.822. The summed E-state index contributed by atoms with van der Waals surface area (Å²) in [6.45, 7) is 6.47. The molecule has 0 saturated heterocycles. The standard InChI is InChI=1S/C25H32Cl2N2O2S/c1-4-18(3)28-25(31)23(5-2)29(14-13-19-9-7-6-8-10-19)24(30)17-32-16-20-11-12-21(26)22(27)15-20/h6-12,15,18,23H,4-5,13-14,16-17H2,1-3H3,(H,28,31)/t18-,23+/m0/s1. The molecule has 0 unspecified atom stereocenters. The second-order valence-corrected chi connectivity index (χ2v) is 9.61. The Bertz CT molecular complexity index is 880. The van der Waals surface area contributed by atoms with Crippen molar-refractivity contribution in [1.82, 2.24) is 10.2 Å². The third-order valence-corrected chi connectivity index (χ3v) is 7.08. The van der Waals surface area contributed by atoms with Gasteiger partial charge in [0, 0.05) is 18.3 Å². The van der Waals surface area contributed by atoms with Gasteiger partial charge in [0.05, 0.1) is 15.8 Å². The van der Waals surface area contributed by atoms with E-state index < -0.39 is 6.04 Å². The number of rotatable bonds is 12. The maximum absolute atomic E-state index is 13.2. The van der Waals surface area contributed by atoms with E-state index >= 15 is 0 Å². The molecule has 0 fully saturated rings. The molecule has 0 aliphatic heterocycles. The van der Waals surface area contributed by atoms with Gasteiger partial charge in [-0.05, 0) is 49.4 Å². The fraction of sp³-hybridized carbons (Fsp3) is 0.440. The van der Waals surface area contributed by atoms with Gasteiger partial charge in [0.15, 0.2) is 0 Å². The van der Waals surface area contributed by atoms with Gasteiger partial charge in [-0.3, -0.25) is 9.59 Å². The Morgan fingerprint density at radius 3 is 2.34 bits per heavy atom. The summed E-state index contributed by atoms with van der Waals surface area (Å²) in [5.41, 5.74) is 2.15. The Morgan fingerprint density at radius 2 is 1.72 bits per heavy atom. The van der Waals surface area contributed by atoms with Crippen molar-refractivity contribution in [2.24, 2.45) is 0 Å². The number of nitrogens with zero attached hydrogens (tertiary/aromatic N) is 1. The molecule has 0 saturated carbocycles. The van der Waals surface area contributed by atoms with Crippen LogP contribution in [0.3, 0.4) is 0 Å². The Hall–Kier alpha value is -1.69. The highest BCUT2D eigenvalue weighted by molar-refractivity contribution is 7.99. The summed E-state index contributed by atoms with van der Waals surface area (Å²) in [6, 6.07) is 15.1. The second kappa shape index (κ2) is 13.8. The maximum Gasteiger partial charge on any atom is 0.243 e. The lowest BCUT2D eigenvalue weighted by Crippen LogP contribution is -2.52. The van der Waals surface area contributed by atoms with Crippen LogP contribution in [0.25, 0.3) is 0 Å². The Kier molecular flexibility index (Phi) is 11.4. The van der Waals surface area contributed by atoms with E-state index in [1.807, 2.05) is 63.2 Å². The molecular formula is C25H32Cl2N2O2S. The zero-order valence-electron chi connectivity index (χ0n) is 18.9. The van der Waals surface area contributed by atoms with Gasteiger partial charge in [-0.15, -0.1) is 11.8 Å². The number of benzene rings is 2. The summed E-state index contributed by atoms with van der Waals surface area (Å²) < 4.78 is 0. The Labute approximate surface area is 206 Å². The third kappa shape index (κ3) is 8.34. The van der Waals surface area contributed by atoms with Gasteiger partial charge in [0.1, 0.15) is 6.04 Å². The first-order valence-corrected chi connectivity index (χ1v) is 12.9. The minimum Gasteiger partial charge on any atom is -0.352 e. The predicted octanol–water partition coefficient (Wildman–Crippen LogP) is 5.99. The van der Waals surface area contributed by atoms with Crippen molar-refractivity contribution >= 4 is 46.8 Å². The van der Waals surface area contributed by atoms with Crippen molar-refractivity contribution in [3.63, 3.8) is 0 Å². The van der Waals surface area contributed by atoms with E-state index in [-0.39, 0.29) is 17.9 Å². The third-order valence-electron chi connectivity index (χ3n) is 5.35. The number of hydrogen-bond acceptors (Lipinski definition) is 3. The smallest absolute Gasteiger partial charge is 0.243 e. The number of carbonyl (C=O) groups is 2. The van der Waals surface area contributed by atoms with E-state index in [1.54, 1.807) is 11.0 Å². The van der Waals surface area contributed by atoms with Crippen LogP contribution in [-0.2, 0) is 21.8 Å². The van der Waals surface area contributed by atoms with Gasteiger partial charge < -0.3 is 10.2 Å². The number of thioether (sulfide) groups is 1. The molecule has 2 aromatic rings. The molecule has 0 bridgehead atoms. The van der Waals surface area contributed by atoms with Crippen LogP contribution in [0.15, 0.2) is 48.5 Å². The molecule has 2 rings (SSSR count). The predicted molar refractivity (Wildman–Crippen MR) is 136 cm³/mol. The zero-order valence-corrected chi connectivity index (χ0v) is 21.3. The van der Waals surface area contributed by atoms with Gasteiger partial charge in [0.2, 0.25) is 11.8 Å². The molecule has 32 heavy (non-hydrogen) atoms. The Balaban J connectivity index is 2.07. The van der Waals surface area contributed by atoms with E-state index in [4.69, 9.17) is 23.2 Å². The minimum atomic E-state index is -0.481. The molecule has 2 atom stereocenters. The van der Waals surface area contributed by atoms with Crippen molar-refractivity contribution in [2.45, 2.75) is 57.9 Å². The first-order valence-electron chi connectivity index (χ1n) is 11.0. The molecule has 7 heteroatoms. The van der Waals surface area contributed by atoms with E-state index in [1.165, 1.54) is 11.8 Å². The molecule has 2 aromatic carbocycles. The highest BCUT2D eigenvalue weighted by atomic mass is 35.5. The zero-order chi connectivity index (χ0) is 23.5. The molecule has 0 heterocycles. The molecule has 4 nitrogen and oxygen atoms in total. The topological polar surface area (TPSA) is 49.4 Å². The van der Waals surface area contributed by atoms with Gasteiger partial charge in [-0.2, -0.15) is 0 Å². The minimum absolute atomic E-state index is 0.0304. The molecule has 174 valence electrons. The highest BCUT2D eigenvalue weighted by Gasteiger charge is 2.28. The summed E-state index contributed by atoms with van der Waals surface area (Å²) in [6.07, 6.45) is 2.12. The lowest BCUT2D eigenvalue weighted by molar-refractivity contribution is -0.139. The molecule has 0 radical (unpaired) electrons. The summed E-state index contributed by atoms with van der Waals surface area (Å²) in [4.78, 5) is 27.9. The first-order chi connectivity index (χ1) is 15.3. The van der Waals surface area contributed by atoms with Crippen molar-refractivity contribution in [1.29, 1.82) is 0 Å². The number of amides is 2. The molecule has 0 aliphatic rings. The van der Waals surface area contributed by atoms with Crippen LogP contribution in [0.1, 0.15) is 44.7 Å². The van der Waals surface area contributed by atoms with Crippen LogP contribution in [0.5, 0.6) is 0 Å². The van der Waals surface area contributed by atoms with Crippen LogP contribution >= 0.6 is 35.0 Å². The van der Waals surface area contributed by atoms with Crippen molar-refractivity contribution in [2.75, 3.05) is 12.3 Å². The van der Waals surface area contributed by atoms with Crippen LogP contribution in [-0.4, -0.2) is 41.1 Å². The van der Waals surface area contributed by atoms with Crippen molar-refractivity contribution in [3.8, 4) is 0 Å². The average molecular weight is 496 g/mol. The molecule has 1 N–H and O–H groups in total. The number of hydrogen-bond donors (Lipinski definition) is 1. The van der Waals surface area contributed by atoms with Crippen LogP contribution in [0, 0.1) is 0 Å². The quantitative estimate of drug-likeness (QED) is 0.394. The lowest BCUT2D eigenvalue weighted by atomic mass is 10.1. The maximum atomic E-state index is 13.2. The van der Waals surface area contributed by atoms with Gasteiger partial charge >= 0.3 is 0 Å². The van der Waals surface area contributed by atoms with Gasteiger partial charge in [-0.25, -0.2) is 0 Å². The number of halogens is 2. The van der Waals surface area contributed by atoms with Gasteiger partial charge in [-0.1, -0.05) is 73.4 Å². The molecular weight excluding hydrogens is 463 g/mol. The van der Waals surface area contributed by atoms with Crippen LogP contribution in [0.2, 0.25) is 10.0 Å². The molecule has 0 spiro atoms. The van der Waals surface area contributed by atoms with Crippen molar-refractivity contribution < 1.29 is 9.59 Å². The number of carbonyl (C=O) groups excluding carboxylic acids is 2. The van der Waals surface area contributed by atoms with E-state index in [0.29, 0.717) is 40.9 Å². The van der Waals surface area contributed by atoms with E-state index in [9.17, 15) is 9.59 Å². The average Bonchev–Trinajstić information content (AvgIpc) is 2.79. The molecule has 0 aliphatic carbocycles. The monoisotopic (exact) mass is 494 g/mol. The van der Waals surface area contributed by atoms with E-state index in [2.05, 4.69) is 5.32 Å². The van der Waals surface area contributed by atoms with Crippen LogP contribution in [0.4, 0.5) is 0 Å². The fourth-order valence-electron chi connectivity index (χ4n) is 3.31. The molecule has 0 aromatic heterocycles. The first kappa shape index (κ1) is 26.6.